The Morgan fingerprint density at radius 3 is 2.48 bits per heavy atom. The average Bonchev–Trinajstić information content (AvgIpc) is 2.84. The Morgan fingerprint density at radius 1 is 1.24 bits per heavy atom. The first-order valence-corrected chi connectivity index (χ1v) is 7.02. The van der Waals surface area contributed by atoms with Gasteiger partial charge in [0.25, 0.3) is 0 Å². The molecule has 1 aromatic heterocycles. The molecular weight excluding hydrogens is 262 g/mol. The third kappa shape index (κ3) is 2.52. The predicted molar refractivity (Wildman–Crippen MR) is 86.3 cm³/mol. The predicted octanol–water partition coefficient (Wildman–Crippen LogP) is 0.810. The minimum Gasteiger partial charge on any atom is -0.392 e. The Labute approximate surface area is 128 Å². The molecule has 1 aromatic carbocycles. The molecule has 0 spiro atoms. The topological polar surface area (TPSA) is 59.5 Å². The normalized spacial score (nSPS) is 17.8. The first-order valence-electron chi connectivity index (χ1n) is 7.02. The summed E-state index contributed by atoms with van der Waals surface area (Å²) in [4.78, 5) is 4.36. The van der Waals surface area contributed by atoms with Gasteiger partial charge in [-0.2, -0.15) is 0 Å². The van der Waals surface area contributed by atoms with Gasteiger partial charge in [-0.1, -0.05) is 25.5 Å². The molecule has 2 unspecified atom stereocenters. The van der Waals surface area contributed by atoms with Crippen LogP contribution in [0.1, 0.15) is 24.5 Å². The van der Waals surface area contributed by atoms with Gasteiger partial charge in [0.15, 0.2) is 0 Å². The molecule has 4 radical (unpaired) electrons. The molecule has 0 aliphatic carbocycles. The Balaban J connectivity index is 2.66. The summed E-state index contributed by atoms with van der Waals surface area (Å²) in [5, 5.41) is 21.9. The van der Waals surface area contributed by atoms with Crippen molar-refractivity contribution in [3.8, 4) is 0 Å². The summed E-state index contributed by atoms with van der Waals surface area (Å²) in [6, 6.07) is 5.84. The van der Waals surface area contributed by atoms with Gasteiger partial charge in [0.1, 0.15) is 15.7 Å². The molecule has 0 saturated heterocycles. The zero-order chi connectivity index (χ0) is 15.8. The quantitative estimate of drug-likeness (QED) is 0.562. The highest BCUT2D eigenvalue weighted by atomic mass is 16.4. The van der Waals surface area contributed by atoms with Gasteiger partial charge < -0.3 is 15.2 Å². The highest BCUT2D eigenvalue weighted by molar-refractivity contribution is 6.26. The third-order valence-corrected chi connectivity index (χ3v) is 3.96. The maximum Gasteiger partial charge on any atom is 0.139 e. The number of nitrogens with one attached hydrogen (secondary N) is 1. The molecule has 3 N–H and O–H groups in total. The number of hydrogen-bond donors (Lipinski definition) is 3. The largest absolute Gasteiger partial charge is 0.392 e. The first kappa shape index (κ1) is 16.1. The van der Waals surface area contributed by atoms with Gasteiger partial charge in [0, 0.05) is 22.7 Å². The van der Waals surface area contributed by atoms with Crippen molar-refractivity contribution in [1.82, 2.24) is 9.88 Å². The monoisotopic (exact) mass is 282 g/mol. The number of aromatic nitrogens is 1. The van der Waals surface area contributed by atoms with E-state index in [1.54, 1.807) is 20.3 Å². The van der Waals surface area contributed by atoms with Gasteiger partial charge in [0.2, 0.25) is 0 Å². The van der Waals surface area contributed by atoms with E-state index in [0.717, 1.165) is 29.3 Å². The number of aromatic amines is 1. The van der Waals surface area contributed by atoms with Crippen LogP contribution in [-0.4, -0.2) is 55.5 Å². The molecule has 108 valence electrons. The van der Waals surface area contributed by atoms with Crippen molar-refractivity contribution < 1.29 is 10.2 Å². The van der Waals surface area contributed by atoms with Crippen LogP contribution in [0.2, 0.25) is 0 Å². The lowest BCUT2D eigenvalue weighted by Gasteiger charge is -2.44. The molecule has 0 fully saturated rings. The smallest absolute Gasteiger partial charge is 0.139 e. The van der Waals surface area contributed by atoms with E-state index >= 15 is 0 Å². The molecule has 0 bridgehead atoms. The van der Waals surface area contributed by atoms with Gasteiger partial charge in [0.05, 0.1) is 11.1 Å². The van der Waals surface area contributed by atoms with Gasteiger partial charge >= 0.3 is 0 Å². The lowest BCUT2D eigenvalue weighted by Crippen LogP contribution is -2.61. The highest BCUT2D eigenvalue weighted by Gasteiger charge is 2.44. The SMILES string of the molecule is [B]C(O)(c1c[nH]c2cccc(CCC)c12)C([B])(O)N(C)C. The van der Waals surface area contributed by atoms with Gasteiger partial charge in [-0.15, -0.1) is 0 Å². The number of H-pyrrole nitrogens is 1. The minimum absolute atomic E-state index is 0.389. The molecule has 0 aliphatic heterocycles. The van der Waals surface area contributed by atoms with Crippen LogP contribution in [0.3, 0.4) is 0 Å². The zero-order valence-corrected chi connectivity index (χ0v) is 12.7. The second-order valence-electron chi connectivity index (χ2n) is 5.68. The summed E-state index contributed by atoms with van der Waals surface area (Å²) in [6.45, 7) is 2.08. The molecule has 21 heavy (non-hydrogen) atoms. The van der Waals surface area contributed by atoms with E-state index in [1.165, 1.54) is 4.90 Å². The molecule has 1 heterocycles. The van der Waals surface area contributed by atoms with Crippen molar-refractivity contribution in [3.05, 3.63) is 35.5 Å². The number of fused-ring (bicyclic) bond motifs is 1. The number of benzene rings is 1. The molecule has 0 saturated carbocycles. The Kier molecular flexibility index (Phi) is 4.24. The van der Waals surface area contributed by atoms with E-state index in [0.29, 0.717) is 5.56 Å². The maximum atomic E-state index is 10.7. The highest BCUT2D eigenvalue weighted by Crippen LogP contribution is 2.36. The van der Waals surface area contributed by atoms with Crippen molar-refractivity contribution in [2.75, 3.05) is 14.1 Å². The number of aryl methyl sites for hydroxylation is 1. The summed E-state index contributed by atoms with van der Waals surface area (Å²) >= 11 is 0. The van der Waals surface area contributed by atoms with Crippen molar-refractivity contribution in [2.45, 2.75) is 30.9 Å². The van der Waals surface area contributed by atoms with E-state index < -0.39 is 11.1 Å². The summed E-state index contributed by atoms with van der Waals surface area (Å²) in [7, 11) is 15.0. The molecule has 2 rings (SSSR count). The summed E-state index contributed by atoms with van der Waals surface area (Å²) in [5.41, 5.74) is -1.90. The lowest BCUT2D eigenvalue weighted by molar-refractivity contribution is -0.126. The van der Waals surface area contributed by atoms with Crippen molar-refractivity contribution >= 4 is 26.6 Å². The Morgan fingerprint density at radius 2 is 1.90 bits per heavy atom. The number of hydrogen-bond acceptors (Lipinski definition) is 3. The van der Waals surface area contributed by atoms with Crippen LogP contribution in [0.4, 0.5) is 0 Å². The van der Waals surface area contributed by atoms with Crippen LogP contribution in [0, 0.1) is 0 Å². The molecule has 6 heteroatoms. The van der Waals surface area contributed by atoms with Gasteiger partial charge in [-0.05, 0) is 32.1 Å². The molecular formula is C15H20B2N2O2. The van der Waals surface area contributed by atoms with Crippen LogP contribution in [0.25, 0.3) is 10.9 Å². The molecule has 4 nitrogen and oxygen atoms in total. The van der Waals surface area contributed by atoms with Crippen molar-refractivity contribution in [2.24, 2.45) is 0 Å². The van der Waals surface area contributed by atoms with Crippen LogP contribution >= 0.6 is 0 Å². The molecule has 2 atom stereocenters. The van der Waals surface area contributed by atoms with Crippen molar-refractivity contribution in [1.29, 1.82) is 0 Å². The number of nitrogens with zero attached hydrogens (tertiary/aromatic N) is 1. The zero-order valence-electron chi connectivity index (χ0n) is 12.7. The number of aliphatic hydroxyl groups is 2. The van der Waals surface area contributed by atoms with Crippen molar-refractivity contribution in [3.63, 3.8) is 0 Å². The Bertz CT molecular complexity index is 636. The summed E-state index contributed by atoms with van der Waals surface area (Å²) < 4.78 is 0. The van der Waals surface area contributed by atoms with Crippen LogP contribution < -0.4 is 0 Å². The fraction of sp³-hybridized carbons (Fsp3) is 0.467. The lowest BCUT2D eigenvalue weighted by atomic mass is 9.60. The summed E-state index contributed by atoms with van der Waals surface area (Å²) in [6.07, 6.45) is 3.42. The van der Waals surface area contributed by atoms with E-state index in [4.69, 9.17) is 15.7 Å². The second-order valence-corrected chi connectivity index (χ2v) is 5.68. The summed E-state index contributed by atoms with van der Waals surface area (Å²) in [5.74, 6) is 0. The molecule has 0 aliphatic rings. The van der Waals surface area contributed by atoms with E-state index in [9.17, 15) is 10.2 Å². The first-order chi connectivity index (χ1) is 9.73. The molecule has 0 amide bonds. The van der Waals surface area contributed by atoms with Gasteiger partial charge in [-0.3, -0.25) is 4.90 Å². The standard InChI is InChI=1S/C15H20B2N2O2/c1-4-6-10-7-5-8-12-13(10)11(9-18-12)14(16,20)15(17,21)19(2)3/h5,7-9,18,20-21H,4,6H2,1-3H3. The number of rotatable bonds is 5. The number of likely N-dealkylation sites (N-methyl/N-ethyl adjacent to an activating group) is 1. The fourth-order valence-electron chi connectivity index (χ4n) is 2.58. The van der Waals surface area contributed by atoms with Gasteiger partial charge in [-0.25, -0.2) is 0 Å². The Hall–Kier alpha value is -1.23. The fourth-order valence-corrected chi connectivity index (χ4v) is 2.58. The van der Waals surface area contributed by atoms with E-state index in [1.807, 2.05) is 18.2 Å². The molecule has 2 aromatic rings. The second kappa shape index (κ2) is 5.52. The van der Waals surface area contributed by atoms with E-state index in [2.05, 4.69) is 11.9 Å². The van der Waals surface area contributed by atoms with E-state index in [-0.39, 0.29) is 0 Å². The maximum absolute atomic E-state index is 10.7. The average molecular weight is 282 g/mol. The van der Waals surface area contributed by atoms with Crippen LogP contribution in [-0.2, 0) is 11.9 Å². The third-order valence-electron chi connectivity index (χ3n) is 3.96. The van der Waals surface area contributed by atoms with Crippen LogP contribution in [0.5, 0.6) is 0 Å². The minimum atomic E-state index is -2.11. The van der Waals surface area contributed by atoms with Crippen LogP contribution in [0.15, 0.2) is 24.4 Å².